The van der Waals surface area contributed by atoms with Gasteiger partial charge in [-0.05, 0) is 32.0 Å². The summed E-state index contributed by atoms with van der Waals surface area (Å²) in [6.45, 7) is 15.0. The van der Waals surface area contributed by atoms with Gasteiger partial charge < -0.3 is 4.43 Å². The van der Waals surface area contributed by atoms with E-state index >= 15 is 0 Å². The smallest absolute Gasteiger partial charge is 0.192 e. The predicted molar refractivity (Wildman–Crippen MR) is 72.7 cm³/mol. The number of rotatable bonds is 4. The number of alkyl halides is 2. The summed E-state index contributed by atoms with van der Waals surface area (Å²) in [4.78, 5) is 0. The van der Waals surface area contributed by atoms with Crippen molar-refractivity contribution in [3.63, 3.8) is 0 Å². The van der Waals surface area contributed by atoms with E-state index in [4.69, 9.17) is 27.6 Å². The molecule has 0 rings (SSSR count). The van der Waals surface area contributed by atoms with E-state index in [0.717, 1.165) is 0 Å². The van der Waals surface area contributed by atoms with E-state index in [1.165, 1.54) is 0 Å². The average molecular weight is 271 g/mol. The predicted octanol–water partition coefficient (Wildman–Crippen LogP) is 4.63. The second-order valence-corrected chi connectivity index (χ2v) is 11.7. The first-order chi connectivity index (χ1) is 6.49. The lowest BCUT2D eigenvalue weighted by molar-refractivity contribution is 0.193. The minimum absolute atomic E-state index is 0.0139. The molecule has 0 bridgehead atoms. The molecule has 0 aromatic carbocycles. The normalized spacial score (nSPS) is 19.8. The summed E-state index contributed by atoms with van der Waals surface area (Å²) in [6.07, 6.45) is 0.0139. The fraction of sp³-hybridized carbons (Fsp3) is 1.00. The lowest BCUT2D eigenvalue weighted by Crippen LogP contribution is -2.46. The van der Waals surface area contributed by atoms with Gasteiger partial charge in [-0.1, -0.05) is 20.8 Å². The van der Waals surface area contributed by atoms with Gasteiger partial charge in [-0.2, -0.15) is 0 Å². The van der Waals surface area contributed by atoms with Crippen LogP contribution in [0.3, 0.4) is 0 Å². The minimum atomic E-state index is -1.72. The van der Waals surface area contributed by atoms with Crippen molar-refractivity contribution in [3.05, 3.63) is 0 Å². The van der Waals surface area contributed by atoms with Crippen LogP contribution in [-0.2, 0) is 4.43 Å². The van der Waals surface area contributed by atoms with Crippen LogP contribution in [0.25, 0.3) is 0 Å². The molecule has 0 unspecified atom stereocenters. The Morgan fingerprint density at radius 1 is 1.07 bits per heavy atom. The Labute approximate surface area is 106 Å². The summed E-state index contributed by atoms with van der Waals surface area (Å²) < 4.78 is 6.15. The van der Waals surface area contributed by atoms with E-state index in [1.54, 1.807) is 0 Å². The molecule has 0 saturated carbocycles. The highest BCUT2D eigenvalue weighted by molar-refractivity contribution is 6.74. The van der Waals surface area contributed by atoms with Crippen molar-refractivity contribution in [2.75, 3.05) is 0 Å². The van der Waals surface area contributed by atoms with Gasteiger partial charge >= 0.3 is 0 Å². The molecular formula is C11H24Cl2OSi. The monoisotopic (exact) mass is 270 g/mol. The fourth-order valence-electron chi connectivity index (χ4n) is 1.08. The van der Waals surface area contributed by atoms with E-state index < -0.39 is 8.32 Å². The van der Waals surface area contributed by atoms with Crippen molar-refractivity contribution in [1.82, 2.24) is 0 Å². The van der Waals surface area contributed by atoms with Crippen LogP contribution in [0.1, 0.15) is 34.6 Å². The van der Waals surface area contributed by atoms with Crippen LogP contribution in [0.2, 0.25) is 18.1 Å². The largest absolute Gasteiger partial charge is 0.413 e. The maximum atomic E-state index is 6.19. The van der Waals surface area contributed by atoms with Crippen LogP contribution in [0.15, 0.2) is 0 Å². The van der Waals surface area contributed by atoms with Crippen molar-refractivity contribution < 1.29 is 4.43 Å². The summed E-state index contributed by atoms with van der Waals surface area (Å²) in [5, 5.41) is 0.0279. The summed E-state index contributed by atoms with van der Waals surface area (Å²) in [7, 11) is -1.72. The average Bonchev–Trinajstić information content (AvgIpc) is 1.99. The van der Waals surface area contributed by atoms with E-state index in [2.05, 4.69) is 33.9 Å². The molecule has 0 amide bonds. The molecule has 92 valence electrons. The van der Waals surface area contributed by atoms with Crippen LogP contribution in [0.5, 0.6) is 0 Å². The van der Waals surface area contributed by atoms with Gasteiger partial charge in [-0.15, -0.1) is 23.2 Å². The lowest BCUT2D eigenvalue weighted by atomic mass is 10.2. The molecule has 0 aliphatic heterocycles. The quantitative estimate of drug-likeness (QED) is 0.535. The Balaban J connectivity index is 4.47. The van der Waals surface area contributed by atoms with Gasteiger partial charge in [0.05, 0.1) is 11.5 Å². The highest BCUT2D eigenvalue weighted by Gasteiger charge is 2.39. The van der Waals surface area contributed by atoms with Crippen LogP contribution in [-0.4, -0.2) is 25.2 Å². The Morgan fingerprint density at radius 2 is 1.47 bits per heavy atom. The zero-order valence-electron chi connectivity index (χ0n) is 10.9. The second kappa shape index (κ2) is 5.39. The summed E-state index contributed by atoms with van der Waals surface area (Å²) in [5.41, 5.74) is 0. The van der Waals surface area contributed by atoms with Crippen molar-refractivity contribution in [2.45, 2.75) is 69.6 Å². The molecule has 0 aliphatic rings. The number of hydrogen-bond acceptors (Lipinski definition) is 1. The van der Waals surface area contributed by atoms with Crippen molar-refractivity contribution in [1.29, 1.82) is 0 Å². The molecule has 15 heavy (non-hydrogen) atoms. The molecule has 0 saturated heterocycles. The zero-order valence-corrected chi connectivity index (χ0v) is 13.4. The van der Waals surface area contributed by atoms with Gasteiger partial charge in [0, 0.05) is 5.38 Å². The Kier molecular flexibility index (Phi) is 5.66. The molecule has 3 atom stereocenters. The SMILES string of the molecule is C[C@@H](Cl)[C@H](Cl)[C@@H](C)O[Si](C)(C)C(C)(C)C. The highest BCUT2D eigenvalue weighted by Crippen LogP contribution is 2.38. The van der Waals surface area contributed by atoms with Crippen LogP contribution >= 0.6 is 23.2 Å². The standard InChI is InChI=1S/C11H24Cl2OSi/c1-8(12)10(13)9(2)14-15(6,7)11(3,4)5/h8-10H,1-7H3/t8-,9-,10+/m1/s1. The van der Waals surface area contributed by atoms with Gasteiger partial charge in [0.1, 0.15) is 0 Å². The third-order valence-corrected chi connectivity index (χ3v) is 8.88. The molecule has 0 fully saturated rings. The van der Waals surface area contributed by atoms with Crippen LogP contribution in [0.4, 0.5) is 0 Å². The minimum Gasteiger partial charge on any atom is -0.413 e. The second-order valence-electron chi connectivity index (χ2n) is 5.71. The summed E-state index contributed by atoms with van der Waals surface area (Å²) in [6, 6.07) is 0. The molecule has 0 spiro atoms. The molecule has 0 radical (unpaired) electrons. The first-order valence-electron chi connectivity index (χ1n) is 5.45. The Hall–Kier alpha value is 0.757. The van der Waals surface area contributed by atoms with Gasteiger partial charge in [-0.3, -0.25) is 0 Å². The number of halogens is 2. The van der Waals surface area contributed by atoms with Crippen LogP contribution in [0, 0.1) is 0 Å². The number of hydrogen-bond donors (Lipinski definition) is 0. The fourth-order valence-corrected chi connectivity index (χ4v) is 2.85. The van der Waals surface area contributed by atoms with E-state index in [0.29, 0.717) is 0 Å². The molecule has 0 aromatic heterocycles. The summed E-state index contributed by atoms with van der Waals surface area (Å²) >= 11 is 12.2. The maximum absolute atomic E-state index is 6.19. The molecule has 0 aliphatic carbocycles. The van der Waals surface area contributed by atoms with Crippen molar-refractivity contribution in [3.8, 4) is 0 Å². The molecule has 4 heteroatoms. The van der Waals surface area contributed by atoms with Crippen LogP contribution < -0.4 is 0 Å². The van der Waals surface area contributed by atoms with E-state index in [9.17, 15) is 0 Å². The topological polar surface area (TPSA) is 9.23 Å². The summed E-state index contributed by atoms with van der Waals surface area (Å²) in [5.74, 6) is 0. The molecule has 0 aromatic rings. The first kappa shape index (κ1) is 15.8. The van der Waals surface area contributed by atoms with Gasteiger partial charge in [0.15, 0.2) is 8.32 Å². The Bertz CT molecular complexity index is 199. The highest BCUT2D eigenvalue weighted by atomic mass is 35.5. The first-order valence-corrected chi connectivity index (χ1v) is 9.23. The van der Waals surface area contributed by atoms with Crippen molar-refractivity contribution >= 4 is 31.5 Å². The molecule has 0 N–H and O–H groups in total. The molecule has 1 nitrogen and oxygen atoms in total. The Morgan fingerprint density at radius 3 is 1.73 bits per heavy atom. The van der Waals surface area contributed by atoms with Gasteiger partial charge in [0.2, 0.25) is 0 Å². The van der Waals surface area contributed by atoms with Gasteiger partial charge in [-0.25, -0.2) is 0 Å². The molecule has 0 heterocycles. The third-order valence-electron chi connectivity index (χ3n) is 3.17. The molecular weight excluding hydrogens is 247 g/mol. The lowest BCUT2D eigenvalue weighted by Gasteiger charge is -2.39. The van der Waals surface area contributed by atoms with Gasteiger partial charge in [0.25, 0.3) is 0 Å². The van der Waals surface area contributed by atoms with E-state index in [1.807, 2.05) is 13.8 Å². The third kappa shape index (κ3) is 4.64. The van der Waals surface area contributed by atoms with Crippen molar-refractivity contribution in [2.24, 2.45) is 0 Å². The maximum Gasteiger partial charge on any atom is 0.192 e. The zero-order chi connectivity index (χ0) is 12.4. The van der Waals surface area contributed by atoms with E-state index in [-0.39, 0.29) is 21.9 Å².